The molecule has 2 unspecified atom stereocenters. The quantitative estimate of drug-likeness (QED) is 0.113. The summed E-state index contributed by atoms with van der Waals surface area (Å²) >= 11 is 0. The van der Waals surface area contributed by atoms with Crippen molar-refractivity contribution in [3.05, 3.63) is 101 Å². The van der Waals surface area contributed by atoms with Crippen LogP contribution in [-0.2, 0) is 30.9 Å². The van der Waals surface area contributed by atoms with Gasteiger partial charge in [-0.25, -0.2) is 36.2 Å². The molecule has 2 fully saturated rings. The average Bonchev–Trinajstić information content (AvgIpc) is 3.75. The van der Waals surface area contributed by atoms with E-state index in [1.54, 1.807) is 24.3 Å². The van der Waals surface area contributed by atoms with Crippen LogP contribution >= 0.6 is 0 Å². The minimum atomic E-state index is -4.22. The van der Waals surface area contributed by atoms with Gasteiger partial charge in [0.05, 0.1) is 34.1 Å². The van der Waals surface area contributed by atoms with Gasteiger partial charge in [-0.05, 0) is 133 Å². The molecule has 4 aromatic rings. The molecule has 2 saturated heterocycles. The monoisotopic (exact) mass is 962 g/mol. The highest BCUT2D eigenvalue weighted by molar-refractivity contribution is 7.90. The molecule has 14 nitrogen and oxygen atoms in total. The first-order valence-corrected chi connectivity index (χ1v) is 25.9. The SMILES string of the molecule is CC(C)(C)c1ccc2c(n1)N1CC(CCCOc3cccc(c3)S(=O)(=O)NC2=O)CC1(C)C.CC1(C)CC(CCCOc2cccc(S(=O)(=O)NC(=O)c3ccc(C(C)(C)C)nc3F)c2)CN1. The molecule has 2 atom stereocenters. The molecule has 2 amide bonds. The van der Waals surface area contributed by atoms with Gasteiger partial charge in [0.15, 0.2) is 0 Å². The molecule has 3 N–H and O–H groups in total. The number of sulfonamides is 2. The minimum Gasteiger partial charge on any atom is -0.494 e. The fraction of sp³-hybridized carbons (Fsp3) is 0.520. The maximum absolute atomic E-state index is 14.4. The van der Waals surface area contributed by atoms with Crippen LogP contribution in [0.15, 0.2) is 82.6 Å². The summed E-state index contributed by atoms with van der Waals surface area (Å²) in [5.41, 5.74) is 0.479. The number of rotatable bonds is 8. The number of anilines is 1. The number of nitrogens with one attached hydrogen (secondary N) is 3. The van der Waals surface area contributed by atoms with E-state index in [1.807, 2.05) is 31.6 Å². The molecule has 17 heteroatoms. The summed E-state index contributed by atoms with van der Waals surface area (Å²) in [6, 6.07) is 18.4. The molecule has 0 spiro atoms. The zero-order chi connectivity index (χ0) is 49.2. The highest BCUT2D eigenvalue weighted by Gasteiger charge is 2.41. The van der Waals surface area contributed by atoms with Gasteiger partial charge in [-0.3, -0.25) is 9.59 Å². The Bertz CT molecular complexity index is 2680. The van der Waals surface area contributed by atoms with E-state index in [1.165, 1.54) is 42.5 Å². The van der Waals surface area contributed by atoms with E-state index in [-0.39, 0.29) is 31.8 Å². The number of benzene rings is 2. The Morgan fingerprint density at radius 3 is 2.30 bits per heavy atom. The Morgan fingerprint density at radius 1 is 0.940 bits per heavy atom. The van der Waals surface area contributed by atoms with Gasteiger partial charge < -0.3 is 19.7 Å². The molecule has 364 valence electrons. The molecule has 7 rings (SSSR count). The van der Waals surface area contributed by atoms with Crippen LogP contribution in [0.5, 0.6) is 11.5 Å². The molecule has 5 heterocycles. The highest BCUT2D eigenvalue weighted by atomic mass is 32.2. The molecule has 4 bridgehead atoms. The summed E-state index contributed by atoms with van der Waals surface area (Å²) in [5.74, 6) is -0.329. The van der Waals surface area contributed by atoms with Crippen molar-refractivity contribution < 1.29 is 40.3 Å². The lowest BCUT2D eigenvalue weighted by atomic mass is 9.91. The van der Waals surface area contributed by atoms with Crippen molar-refractivity contribution in [2.45, 2.75) is 139 Å². The molecular formula is C50H67FN6O8S2. The van der Waals surface area contributed by atoms with Crippen molar-refractivity contribution in [2.24, 2.45) is 11.8 Å². The Balaban J connectivity index is 0.000000221. The van der Waals surface area contributed by atoms with Gasteiger partial charge in [-0.2, -0.15) is 4.39 Å². The number of aromatic nitrogens is 2. The fourth-order valence-electron chi connectivity index (χ4n) is 8.77. The molecule has 3 aliphatic heterocycles. The lowest BCUT2D eigenvalue weighted by molar-refractivity contribution is 0.0969. The molecular weight excluding hydrogens is 896 g/mol. The predicted octanol–water partition coefficient (Wildman–Crippen LogP) is 8.46. The van der Waals surface area contributed by atoms with E-state index >= 15 is 0 Å². The third-order valence-electron chi connectivity index (χ3n) is 12.4. The van der Waals surface area contributed by atoms with Crippen LogP contribution in [-0.4, -0.2) is 76.0 Å². The Kier molecular flexibility index (Phi) is 15.2. The maximum atomic E-state index is 14.4. The zero-order valence-electron chi connectivity index (χ0n) is 40.5. The fourth-order valence-corrected chi connectivity index (χ4v) is 10.8. The van der Waals surface area contributed by atoms with E-state index in [2.05, 4.69) is 68.4 Å². The average molecular weight is 963 g/mol. The van der Waals surface area contributed by atoms with Crippen molar-refractivity contribution in [1.29, 1.82) is 0 Å². The number of fused-ring (bicyclic) bond motifs is 6. The van der Waals surface area contributed by atoms with E-state index < -0.39 is 48.8 Å². The summed E-state index contributed by atoms with van der Waals surface area (Å²) in [5, 5.41) is 3.50. The lowest BCUT2D eigenvalue weighted by Crippen LogP contribution is -2.41. The zero-order valence-corrected chi connectivity index (χ0v) is 42.1. The summed E-state index contributed by atoms with van der Waals surface area (Å²) < 4.78 is 81.6. The van der Waals surface area contributed by atoms with Crippen LogP contribution < -0.4 is 29.1 Å². The summed E-state index contributed by atoms with van der Waals surface area (Å²) in [6.45, 7) is 23.2. The van der Waals surface area contributed by atoms with E-state index in [4.69, 9.17) is 14.5 Å². The van der Waals surface area contributed by atoms with Crippen molar-refractivity contribution in [2.75, 3.05) is 31.2 Å². The van der Waals surface area contributed by atoms with Crippen LogP contribution in [0.3, 0.4) is 0 Å². The maximum Gasteiger partial charge on any atom is 0.269 e. The smallest absolute Gasteiger partial charge is 0.269 e. The standard InChI is InChI=1S/C25H34FN3O4S.C25H33N3O4S/c1-24(2,3)21-12-11-20(22(26)28-21)23(30)29-34(31,32)19-10-6-9-18(14-19)33-13-7-8-17-15-25(4,5)27-16-17;1-24(2,3)21-12-11-20-22(26-21)28-16-17(15-25(28,4)5)8-7-13-32-18-9-6-10-19(14-18)33(30,31)27-23(20)29/h6,9-12,14,17,27H,7-8,13,15-16H2,1-5H3,(H,29,30);6,9-12,14,17H,7-8,13,15-16H2,1-5H3,(H,27,29). The van der Waals surface area contributed by atoms with Crippen molar-refractivity contribution in [1.82, 2.24) is 24.7 Å². The first-order chi connectivity index (χ1) is 31.1. The van der Waals surface area contributed by atoms with E-state index in [0.717, 1.165) is 57.3 Å². The summed E-state index contributed by atoms with van der Waals surface area (Å²) in [6.07, 6.45) is 5.81. The second-order valence-corrected chi connectivity index (χ2v) is 24.6. The number of ether oxygens (including phenoxy) is 2. The number of pyridine rings is 2. The second kappa shape index (κ2) is 19.8. The van der Waals surface area contributed by atoms with E-state index in [9.17, 15) is 30.8 Å². The third-order valence-corrected chi connectivity index (χ3v) is 15.0. The number of hydrogen-bond acceptors (Lipinski definition) is 12. The highest BCUT2D eigenvalue weighted by Crippen LogP contribution is 2.40. The largest absolute Gasteiger partial charge is 0.494 e. The van der Waals surface area contributed by atoms with Gasteiger partial charge in [0.1, 0.15) is 17.3 Å². The number of carbonyl (C=O) groups is 2. The predicted molar refractivity (Wildman–Crippen MR) is 257 cm³/mol. The van der Waals surface area contributed by atoms with Gasteiger partial charge in [-0.15, -0.1) is 0 Å². The van der Waals surface area contributed by atoms with E-state index in [0.29, 0.717) is 48.1 Å². The van der Waals surface area contributed by atoms with Crippen LogP contribution in [0.25, 0.3) is 0 Å². The normalized spacial score (nSPS) is 20.2. The van der Waals surface area contributed by atoms with Crippen molar-refractivity contribution in [3.63, 3.8) is 0 Å². The number of hydrogen-bond donors (Lipinski definition) is 3. The molecule has 3 aliphatic rings. The van der Waals surface area contributed by atoms with Gasteiger partial charge >= 0.3 is 0 Å². The van der Waals surface area contributed by atoms with Crippen LogP contribution in [0.2, 0.25) is 0 Å². The van der Waals surface area contributed by atoms with Gasteiger partial charge in [0.25, 0.3) is 31.9 Å². The molecule has 67 heavy (non-hydrogen) atoms. The number of carbonyl (C=O) groups excluding carboxylic acids is 2. The Hall–Kier alpha value is -5.13. The number of amides is 2. The summed E-state index contributed by atoms with van der Waals surface area (Å²) in [4.78, 5) is 36.5. The molecule has 0 aliphatic carbocycles. The Morgan fingerprint density at radius 2 is 1.63 bits per heavy atom. The number of halogens is 1. The molecule has 0 radical (unpaired) electrons. The van der Waals surface area contributed by atoms with Gasteiger partial charge in [-0.1, -0.05) is 53.7 Å². The first kappa shape index (κ1) is 51.3. The molecule has 2 aromatic heterocycles. The van der Waals surface area contributed by atoms with Gasteiger partial charge in [0.2, 0.25) is 5.95 Å². The van der Waals surface area contributed by atoms with Crippen LogP contribution in [0, 0.1) is 17.8 Å². The first-order valence-electron chi connectivity index (χ1n) is 22.9. The summed E-state index contributed by atoms with van der Waals surface area (Å²) in [7, 11) is -8.30. The second-order valence-electron chi connectivity index (χ2n) is 21.2. The topological polar surface area (TPSA) is 186 Å². The van der Waals surface area contributed by atoms with Crippen LogP contribution in [0.4, 0.5) is 10.2 Å². The van der Waals surface area contributed by atoms with Gasteiger partial charge in [0, 0.05) is 52.0 Å². The molecule has 0 saturated carbocycles. The minimum absolute atomic E-state index is 0.00815. The number of nitrogens with zero attached hydrogens (tertiary/aromatic N) is 3. The van der Waals surface area contributed by atoms with Crippen molar-refractivity contribution in [3.8, 4) is 11.5 Å². The van der Waals surface area contributed by atoms with Crippen LogP contribution in [0.1, 0.15) is 140 Å². The van der Waals surface area contributed by atoms with Crippen molar-refractivity contribution >= 4 is 37.7 Å². The molecule has 2 aromatic carbocycles. The Labute approximate surface area is 396 Å². The lowest BCUT2D eigenvalue weighted by Gasteiger charge is -2.34. The third kappa shape index (κ3) is 13.1.